The van der Waals surface area contributed by atoms with Crippen molar-refractivity contribution >= 4 is 44.3 Å². The molecule has 0 unspecified atom stereocenters. The lowest BCUT2D eigenvalue weighted by atomic mass is 10.1. The zero-order chi connectivity index (χ0) is 20.2. The molecule has 0 aliphatic heterocycles. The average molecular weight is 385 g/mol. The van der Waals surface area contributed by atoms with Crippen LogP contribution in [0.1, 0.15) is 0 Å². The van der Waals surface area contributed by atoms with Crippen LogP contribution in [0.5, 0.6) is 0 Å². The molecule has 4 nitrogen and oxygen atoms in total. The minimum atomic E-state index is 0.656. The minimum absolute atomic E-state index is 0.656. The average Bonchev–Trinajstić information content (AvgIpc) is 2.82. The molecule has 5 aromatic carbocycles. The van der Waals surface area contributed by atoms with Crippen LogP contribution in [0, 0.1) is 6.07 Å². The maximum atomic E-state index is 4.48. The highest BCUT2D eigenvalue weighted by Crippen LogP contribution is 2.33. The lowest BCUT2D eigenvalue weighted by Gasteiger charge is -2.01. The van der Waals surface area contributed by atoms with Gasteiger partial charge in [0.25, 0.3) is 0 Å². The van der Waals surface area contributed by atoms with Gasteiger partial charge in [0.1, 0.15) is 11.4 Å². The third-order valence-corrected chi connectivity index (χ3v) is 4.82. The summed E-state index contributed by atoms with van der Waals surface area (Å²) in [5, 5.41) is 22.0. The van der Waals surface area contributed by atoms with Crippen molar-refractivity contribution in [2.24, 2.45) is 20.5 Å². The lowest BCUT2D eigenvalue weighted by molar-refractivity contribution is 1.19. The molecular weight excluding hydrogens is 368 g/mol. The van der Waals surface area contributed by atoms with Crippen molar-refractivity contribution in [3.8, 4) is 0 Å². The van der Waals surface area contributed by atoms with Gasteiger partial charge in [-0.3, -0.25) is 0 Å². The molecule has 0 bridgehead atoms. The van der Waals surface area contributed by atoms with Crippen molar-refractivity contribution in [1.82, 2.24) is 0 Å². The number of hydrogen-bond donors (Lipinski definition) is 0. The van der Waals surface area contributed by atoms with Gasteiger partial charge in [0.2, 0.25) is 0 Å². The van der Waals surface area contributed by atoms with Crippen LogP contribution < -0.4 is 0 Å². The second-order valence-corrected chi connectivity index (χ2v) is 6.82. The Labute approximate surface area is 174 Å². The molecule has 1 radical (unpaired) electrons. The number of fused-ring (bicyclic) bond motifs is 2. The highest BCUT2D eigenvalue weighted by Gasteiger charge is 2.02. The summed E-state index contributed by atoms with van der Waals surface area (Å²) in [6.45, 7) is 0. The second kappa shape index (κ2) is 8.05. The Morgan fingerprint density at radius 1 is 0.433 bits per heavy atom. The Balaban J connectivity index is 1.46. The van der Waals surface area contributed by atoms with Gasteiger partial charge in [-0.25, -0.2) is 0 Å². The highest BCUT2D eigenvalue weighted by molar-refractivity contribution is 5.92. The Hall–Kier alpha value is -4.18. The van der Waals surface area contributed by atoms with Crippen molar-refractivity contribution < 1.29 is 0 Å². The molecule has 0 aliphatic rings. The van der Waals surface area contributed by atoms with E-state index < -0.39 is 0 Å². The fourth-order valence-corrected chi connectivity index (χ4v) is 3.31. The smallest absolute Gasteiger partial charge is 0.113 e. The molecule has 30 heavy (non-hydrogen) atoms. The van der Waals surface area contributed by atoms with Gasteiger partial charge in [-0.2, -0.15) is 0 Å². The third-order valence-electron chi connectivity index (χ3n) is 4.82. The monoisotopic (exact) mass is 385 g/mol. The summed E-state index contributed by atoms with van der Waals surface area (Å²) in [6.07, 6.45) is 0. The number of benzene rings is 5. The number of azo groups is 2. The normalized spacial score (nSPS) is 11.7. The van der Waals surface area contributed by atoms with Gasteiger partial charge in [0.05, 0.1) is 11.4 Å². The van der Waals surface area contributed by atoms with Crippen LogP contribution in [0.15, 0.2) is 124 Å². The molecule has 5 aromatic rings. The molecule has 0 saturated carbocycles. The van der Waals surface area contributed by atoms with Crippen LogP contribution in [0.25, 0.3) is 21.5 Å². The largest absolute Gasteiger partial charge is 0.150 e. The van der Waals surface area contributed by atoms with E-state index in [0.717, 1.165) is 27.2 Å². The van der Waals surface area contributed by atoms with E-state index in [-0.39, 0.29) is 0 Å². The summed E-state index contributed by atoms with van der Waals surface area (Å²) in [5.74, 6) is 0. The summed E-state index contributed by atoms with van der Waals surface area (Å²) in [5.41, 5.74) is 2.82. The predicted octanol–water partition coefficient (Wildman–Crippen LogP) is 8.62. The molecule has 141 valence electrons. The molecule has 0 atom stereocenters. The van der Waals surface area contributed by atoms with Crippen LogP contribution in [0.4, 0.5) is 22.7 Å². The van der Waals surface area contributed by atoms with Crippen molar-refractivity contribution in [2.45, 2.75) is 0 Å². The summed E-state index contributed by atoms with van der Waals surface area (Å²) in [7, 11) is 0. The molecule has 0 heterocycles. The Kier molecular flexibility index (Phi) is 4.80. The molecular formula is C26H17N4. The van der Waals surface area contributed by atoms with E-state index in [1.807, 2.05) is 84.9 Å². The standard InChI is InChI=1S/C26H17N4/c1-2-10-21-18-22(17-16-19(21)8-1)27-29-25-13-5-6-14-26(25)30-28-24-15-7-11-20-9-3-4-12-23(20)24/h1-17H/b29-27+,30-28+. The zero-order valence-corrected chi connectivity index (χ0v) is 16.1. The van der Waals surface area contributed by atoms with E-state index in [4.69, 9.17) is 0 Å². The molecule has 0 fully saturated rings. The topological polar surface area (TPSA) is 49.4 Å². The Morgan fingerprint density at radius 3 is 1.90 bits per heavy atom. The van der Waals surface area contributed by atoms with E-state index in [2.05, 4.69) is 44.7 Å². The van der Waals surface area contributed by atoms with Crippen molar-refractivity contribution in [3.05, 3.63) is 109 Å². The van der Waals surface area contributed by atoms with E-state index in [9.17, 15) is 0 Å². The van der Waals surface area contributed by atoms with Gasteiger partial charge in [0.15, 0.2) is 0 Å². The Bertz CT molecular complexity index is 1400. The second-order valence-electron chi connectivity index (χ2n) is 6.82. The van der Waals surface area contributed by atoms with E-state index in [0.29, 0.717) is 17.1 Å². The van der Waals surface area contributed by atoms with Crippen LogP contribution >= 0.6 is 0 Å². The zero-order valence-electron chi connectivity index (χ0n) is 16.1. The first-order valence-electron chi connectivity index (χ1n) is 9.68. The van der Waals surface area contributed by atoms with Crippen molar-refractivity contribution in [2.75, 3.05) is 0 Å². The first kappa shape index (κ1) is 17.9. The van der Waals surface area contributed by atoms with Crippen molar-refractivity contribution in [1.29, 1.82) is 0 Å². The molecule has 0 spiro atoms. The van der Waals surface area contributed by atoms with E-state index in [1.54, 1.807) is 0 Å². The molecule has 0 amide bonds. The molecule has 4 heteroatoms. The number of rotatable bonds is 4. The van der Waals surface area contributed by atoms with Crippen LogP contribution in [0.3, 0.4) is 0 Å². The highest BCUT2D eigenvalue weighted by atomic mass is 15.2. The van der Waals surface area contributed by atoms with Gasteiger partial charge in [-0.05, 0) is 40.4 Å². The SMILES string of the molecule is [c]1c(/N=N/c2ccccc2/N=N/c2cccc3ccccc23)ccc2ccccc12. The Morgan fingerprint density at radius 2 is 1.03 bits per heavy atom. The van der Waals surface area contributed by atoms with Gasteiger partial charge in [-0.15, -0.1) is 20.5 Å². The molecule has 0 aliphatic carbocycles. The summed E-state index contributed by atoms with van der Waals surface area (Å²) in [4.78, 5) is 0. The fourth-order valence-electron chi connectivity index (χ4n) is 3.31. The minimum Gasteiger partial charge on any atom is -0.150 e. The van der Waals surface area contributed by atoms with E-state index in [1.165, 1.54) is 0 Å². The quantitative estimate of drug-likeness (QED) is 0.278. The maximum Gasteiger partial charge on any atom is 0.113 e. The molecule has 0 N–H and O–H groups in total. The number of nitrogens with zero attached hydrogens (tertiary/aromatic N) is 4. The molecule has 5 rings (SSSR count). The fraction of sp³-hybridized carbons (Fsp3) is 0. The summed E-state index contributed by atoms with van der Waals surface area (Å²) in [6, 6.07) is 37.0. The van der Waals surface area contributed by atoms with Crippen molar-refractivity contribution in [3.63, 3.8) is 0 Å². The van der Waals surface area contributed by atoms with Crippen LogP contribution in [-0.4, -0.2) is 0 Å². The molecule has 0 aromatic heterocycles. The van der Waals surface area contributed by atoms with Crippen LogP contribution in [-0.2, 0) is 0 Å². The summed E-state index contributed by atoms with van der Waals surface area (Å²) >= 11 is 0. The van der Waals surface area contributed by atoms with Gasteiger partial charge < -0.3 is 0 Å². The van der Waals surface area contributed by atoms with Gasteiger partial charge in [0, 0.05) is 11.5 Å². The van der Waals surface area contributed by atoms with Crippen LogP contribution in [0.2, 0.25) is 0 Å². The van der Waals surface area contributed by atoms with E-state index >= 15 is 0 Å². The van der Waals surface area contributed by atoms with Gasteiger partial charge in [-0.1, -0.05) is 78.9 Å². The first-order chi connectivity index (χ1) is 14.9. The first-order valence-corrected chi connectivity index (χ1v) is 9.68. The molecule has 0 saturated heterocycles. The lowest BCUT2D eigenvalue weighted by Crippen LogP contribution is -1.73. The number of hydrogen-bond acceptors (Lipinski definition) is 4. The predicted molar refractivity (Wildman–Crippen MR) is 122 cm³/mol. The third kappa shape index (κ3) is 3.71. The maximum absolute atomic E-state index is 4.48. The van der Waals surface area contributed by atoms with Gasteiger partial charge >= 0.3 is 0 Å². The summed E-state index contributed by atoms with van der Waals surface area (Å²) < 4.78 is 0.